The van der Waals surface area contributed by atoms with Gasteiger partial charge in [-0.3, -0.25) is 4.79 Å². The van der Waals surface area contributed by atoms with Crippen LogP contribution >= 0.6 is 0 Å². The highest BCUT2D eigenvalue weighted by molar-refractivity contribution is 5.82. The molecule has 4 heteroatoms. The largest absolute Gasteiger partial charge is 0.468 e. The highest BCUT2D eigenvalue weighted by atomic mass is 19.1. The fourth-order valence-electron chi connectivity index (χ4n) is 2.16. The lowest BCUT2D eigenvalue weighted by Gasteiger charge is -2.42. The van der Waals surface area contributed by atoms with Gasteiger partial charge in [-0.15, -0.1) is 0 Å². The van der Waals surface area contributed by atoms with Crippen molar-refractivity contribution in [3.8, 4) is 0 Å². The first-order chi connectivity index (χ1) is 7.55. The molecule has 0 aliphatic heterocycles. The van der Waals surface area contributed by atoms with E-state index in [1.165, 1.54) is 19.2 Å². The van der Waals surface area contributed by atoms with Crippen LogP contribution in [0.4, 0.5) is 4.39 Å². The second-order valence-corrected chi connectivity index (χ2v) is 4.30. The third-order valence-electron chi connectivity index (χ3n) is 3.15. The van der Waals surface area contributed by atoms with Crippen LogP contribution in [0.3, 0.4) is 0 Å². The number of nitrogens with two attached hydrogens (primary N) is 1. The monoisotopic (exact) mass is 223 g/mol. The van der Waals surface area contributed by atoms with Gasteiger partial charge in [0.15, 0.2) is 0 Å². The second-order valence-electron chi connectivity index (χ2n) is 4.30. The number of halogens is 1. The van der Waals surface area contributed by atoms with E-state index in [1.807, 2.05) is 0 Å². The van der Waals surface area contributed by atoms with Gasteiger partial charge in [0, 0.05) is 0 Å². The van der Waals surface area contributed by atoms with Crippen LogP contribution in [0.2, 0.25) is 0 Å². The lowest BCUT2D eigenvalue weighted by Crippen LogP contribution is -2.57. The maximum atomic E-state index is 12.7. The van der Waals surface area contributed by atoms with Gasteiger partial charge in [0.25, 0.3) is 0 Å². The van der Waals surface area contributed by atoms with Crippen LogP contribution in [0.5, 0.6) is 0 Å². The maximum absolute atomic E-state index is 12.7. The summed E-state index contributed by atoms with van der Waals surface area (Å²) in [7, 11) is 1.34. The lowest BCUT2D eigenvalue weighted by molar-refractivity contribution is -0.151. The van der Waals surface area contributed by atoms with Gasteiger partial charge in [0.05, 0.1) is 7.11 Å². The van der Waals surface area contributed by atoms with Crippen molar-refractivity contribution >= 4 is 5.97 Å². The molecular formula is C12H14FNO2. The fraction of sp³-hybridized carbons (Fsp3) is 0.417. The van der Waals surface area contributed by atoms with Crippen molar-refractivity contribution in [2.75, 3.05) is 7.11 Å². The third-order valence-corrected chi connectivity index (χ3v) is 3.15. The Hall–Kier alpha value is -1.42. The van der Waals surface area contributed by atoms with Crippen molar-refractivity contribution in [1.82, 2.24) is 0 Å². The normalized spacial score (nSPS) is 28.3. The summed E-state index contributed by atoms with van der Waals surface area (Å²) in [5, 5.41) is 0. The molecule has 0 heterocycles. The molecule has 1 aromatic rings. The van der Waals surface area contributed by atoms with Gasteiger partial charge in [-0.2, -0.15) is 0 Å². The smallest absolute Gasteiger partial charge is 0.325 e. The molecule has 0 spiro atoms. The Kier molecular flexibility index (Phi) is 2.68. The molecule has 0 radical (unpaired) electrons. The summed E-state index contributed by atoms with van der Waals surface area (Å²) in [6.07, 6.45) is 1.12. The molecule has 0 atom stereocenters. The van der Waals surface area contributed by atoms with E-state index in [1.54, 1.807) is 12.1 Å². The zero-order valence-corrected chi connectivity index (χ0v) is 9.07. The average molecular weight is 223 g/mol. The number of benzene rings is 1. The molecule has 1 aliphatic rings. The molecule has 0 saturated heterocycles. The molecular weight excluding hydrogens is 209 g/mol. The van der Waals surface area contributed by atoms with Crippen LogP contribution in [0.25, 0.3) is 0 Å². The summed E-state index contributed by atoms with van der Waals surface area (Å²) < 4.78 is 17.3. The number of rotatable bonds is 2. The molecule has 86 valence electrons. The van der Waals surface area contributed by atoms with E-state index >= 15 is 0 Å². The Balaban J connectivity index is 2.03. The minimum Gasteiger partial charge on any atom is -0.468 e. The first kappa shape index (κ1) is 11.1. The Morgan fingerprint density at radius 1 is 1.44 bits per heavy atom. The molecule has 3 nitrogen and oxygen atoms in total. The molecule has 0 amide bonds. The molecule has 16 heavy (non-hydrogen) atoms. The molecule has 2 rings (SSSR count). The summed E-state index contributed by atoms with van der Waals surface area (Å²) in [5.41, 5.74) is 6.03. The Labute approximate surface area is 93.4 Å². The minimum absolute atomic E-state index is 0.227. The summed E-state index contributed by atoms with van der Waals surface area (Å²) in [6.45, 7) is 0. The van der Waals surface area contributed by atoms with E-state index in [0.717, 1.165) is 5.56 Å². The van der Waals surface area contributed by atoms with Crippen molar-refractivity contribution < 1.29 is 13.9 Å². The van der Waals surface area contributed by atoms with Crippen molar-refractivity contribution in [3.63, 3.8) is 0 Å². The predicted molar refractivity (Wildman–Crippen MR) is 57.3 cm³/mol. The molecule has 0 bridgehead atoms. The topological polar surface area (TPSA) is 52.3 Å². The first-order valence-corrected chi connectivity index (χ1v) is 5.18. The number of methoxy groups -OCH3 is 1. The summed E-state index contributed by atoms with van der Waals surface area (Å²) in [5.74, 6) is -0.398. The molecule has 1 saturated carbocycles. The number of ether oxygens (including phenoxy) is 1. The number of hydrogen-bond acceptors (Lipinski definition) is 3. The van der Waals surface area contributed by atoms with E-state index < -0.39 is 5.54 Å². The van der Waals surface area contributed by atoms with Gasteiger partial charge in [0.2, 0.25) is 0 Å². The molecule has 2 N–H and O–H groups in total. The van der Waals surface area contributed by atoms with Gasteiger partial charge in [0.1, 0.15) is 11.4 Å². The molecule has 0 aromatic heterocycles. The van der Waals surface area contributed by atoms with Crippen LogP contribution < -0.4 is 5.73 Å². The van der Waals surface area contributed by atoms with Crippen LogP contribution in [0.1, 0.15) is 24.3 Å². The second kappa shape index (κ2) is 3.87. The maximum Gasteiger partial charge on any atom is 0.325 e. The number of esters is 1. The van der Waals surface area contributed by atoms with Crippen molar-refractivity contribution in [3.05, 3.63) is 35.6 Å². The highest BCUT2D eigenvalue weighted by Crippen LogP contribution is 2.43. The van der Waals surface area contributed by atoms with E-state index in [9.17, 15) is 9.18 Å². The van der Waals surface area contributed by atoms with Gasteiger partial charge in [-0.25, -0.2) is 4.39 Å². The van der Waals surface area contributed by atoms with Crippen LogP contribution in [-0.2, 0) is 9.53 Å². The Morgan fingerprint density at radius 3 is 2.50 bits per heavy atom. The average Bonchev–Trinajstić information content (AvgIpc) is 2.25. The zero-order valence-electron chi connectivity index (χ0n) is 9.07. The minimum atomic E-state index is -0.853. The van der Waals surface area contributed by atoms with Crippen molar-refractivity contribution in [2.24, 2.45) is 5.73 Å². The SMILES string of the molecule is COC(=O)C1(N)CC(c2ccc(F)cc2)C1. The predicted octanol–water partition coefficient (Wildman–Crippen LogP) is 1.57. The lowest BCUT2D eigenvalue weighted by atomic mass is 9.66. The van der Waals surface area contributed by atoms with Gasteiger partial charge in [-0.1, -0.05) is 12.1 Å². The van der Waals surface area contributed by atoms with Crippen LogP contribution in [-0.4, -0.2) is 18.6 Å². The van der Waals surface area contributed by atoms with Crippen molar-refractivity contribution in [2.45, 2.75) is 24.3 Å². The first-order valence-electron chi connectivity index (χ1n) is 5.18. The standard InChI is InChI=1S/C12H14FNO2/c1-16-11(15)12(14)6-9(7-12)8-2-4-10(13)5-3-8/h2-5,9H,6-7,14H2,1H3. The molecule has 1 aromatic carbocycles. The van der Waals surface area contributed by atoms with Gasteiger partial charge in [-0.05, 0) is 36.5 Å². The van der Waals surface area contributed by atoms with E-state index in [4.69, 9.17) is 5.73 Å². The highest BCUT2D eigenvalue weighted by Gasteiger charge is 2.48. The van der Waals surface area contributed by atoms with E-state index in [0.29, 0.717) is 12.8 Å². The Bertz CT molecular complexity index is 396. The molecule has 0 unspecified atom stereocenters. The number of carbonyl (C=O) groups excluding carboxylic acids is 1. The van der Waals surface area contributed by atoms with Crippen LogP contribution in [0, 0.1) is 5.82 Å². The van der Waals surface area contributed by atoms with Crippen molar-refractivity contribution in [1.29, 1.82) is 0 Å². The number of carbonyl (C=O) groups is 1. The fourth-order valence-corrected chi connectivity index (χ4v) is 2.16. The summed E-state index contributed by atoms with van der Waals surface area (Å²) in [6, 6.07) is 6.31. The quantitative estimate of drug-likeness (QED) is 0.774. The zero-order chi connectivity index (χ0) is 11.8. The third kappa shape index (κ3) is 1.80. The number of hydrogen-bond donors (Lipinski definition) is 1. The summed E-state index contributed by atoms with van der Waals surface area (Å²) >= 11 is 0. The summed E-state index contributed by atoms with van der Waals surface area (Å²) in [4.78, 5) is 11.3. The van der Waals surface area contributed by atoms with E-state index in [-0.39, 0.29) is 17.7 Å². The van der Waals surface area contributed by atoms with Crippen LogP contribution in [0.15, 0.2) is 24.3 Å². The Morgan fingerprint density at radius 2 is 2.00 bits per heavy atom. The molecule has 1 fully saturated rings. The van der Waals surface area contributed by atoms with E-state index in [2.05, 4.69) is 4.74 Å². The van der Waals surface area contributed by atoms with Gasteiger partial charge < -0.3 is 10.5 Å². The molecule has 1 aliphatic carbocycles. The van der Waals surface area contributed by atoms with Gasteiger partial charge >= 0.3 is 5.97 Å².